The normalized spacial score (nSPS) is 23.5. The smallest absolute Gasteiger partial charge is 0.119 e. The molecule has 0 unspecified atom stereocenters. The van der Waals surface area contributed by atoms with Crippen LogP contribution in [-0.4, -0.2) is 30.6 Å². The molecule has 0 radical (unpaired) electrons. The average Bonchev–Trinajstić information content (AvgIpc) is 3.17. The van der Waals surface area contributed by atoms with Gasteiger partial charge in [0.25, 0.3) is 0 Å². The molecule has 1 spiro atoms. The van der Waals surface area contributed by atoms with Gasteiger partial charge >= 0.3 is 0 Å². The summed E-state index contributed by atoms with van der Waals surface area (Å²) in [5.74, 6) is 1.06. The van der Waals surface area contributed by atoms with E-state index in [1.807, 2.05) is 0 Å². The monoisotopic (exact) mass is 367 g/mol. The first-order chi connectivity index (χ1) is 13.3. The first-order valence-electron chi connectivity index (χ1n) is 11.4. The number of unbranched alkanes of at least 4 members (excludes halogenated alkanes) is 1. The van der Waals surface area contributed by atoms with Crippen molar-refractivity contribution in [3.8, 4) is 5.75 Å². The fourth-order valence-corrected chi connectivity index (χ4v) is 5.44. The molecule has 2 aliphatic carbocycles. The van der Waals surface area contributed by atoms with E-state index in [4.69, 9.17) is 4.74 Å². The molecule has 0 amide bonds. The molecule has 2 saturated carbocycles. The molecule has 4 rings (SSSR count). The van der Waals surface area contributed by atoms with Crippen LogP contribution >= 0.6 is 0 Å². The molecular weight excluding hydrogens is 330 g/mol. The van der Waals surface area contributed by atoms with E-state index in [1.54, 1.807) is 0 Å². The third kappa shape index (κ3) is 4.77. The third-order valence-corrected chi connectivity index (χ3v) is 7.31. The van der Waals surface area contributed by atoms with Gasteiger partial charge in [0, 0.05) is 13.1 Å². The standard InChI is InChI=1S/C25H37NO/c1-2-3-18-26-19-12-22(13-20-26)21-6-8-23(9-7-21)27-24-10-16-25(17-11-24)14-4-5-15-25/h6-9,12,24H,2-5,10-11,13-20H2,1H3. The molecule has 2 fully saturated rings. The molecule has 1 aliphatic heterocycles. The van der Waals surface area contributed by atoms with Crippen molar-refractivity contribution in [3.05, 3.63) is 35.9 Å². The Hall–Kier alpha value is -1.28. The Kier molecular flexibility index (Phi) is 6.22. The molecule has 3 aliphatic rings. The first-order valence-corrected chi connectivity index (χ1v) is 11.4. The van der Waals surface area contributed by atoms with Crippen molar-refractivity contribution in [1.82, 2.24) is 4.90 Å². The number of hydrogen-bond acceptors (Lipinski definition) is 2. The molecular formula is C25H37NO. The predicted octanol–water partition coefficient (Wildman–Crippen LogP) is 6.46. The molecule has 0 saturated heterocycles. The van der Waals surface area contributed by atoms with E-state index >= 15 is 0 Å². The van der Waals surface area contributed by atoms with Crippen molar-refractivity contribution >= 4 is 5.57 Å². The van der Waals surface area contributed by atoms with Crippen LogP contribution in [0, 0.1) is 5.41 Å². The summed E-state index contributed by atoms with van der Waals surface area (Å²) in [6.07, 6.45) is 17.8. The summed E-state index contributed by atoms with van der Waals surface area (Å²) >= 11 is 0. The van der Waals surface area contributed by atoms with Gasteiger partial charge in [-0.3, -0.25) is 4.90 Å². The quantitative estimate of drug-likeness (QED) is 0.572. The van der Waals surface area contributed by atoms with Crippen molar-refractivity contribution in [3.63, 3.8) is 0 Å². The zero-order chi connectivity index (χ0) is 18.5. The molecule has 1 heterocycles. The highest BCUT2D eigenvalue weighted by Crippen LogP contribution is 2.49. The molecule has 0 bridgehead atoms. The van der Waals surface area contributed by atoms with Gasteiger partial charge in [-0.2, -0.15) is 0 Å². The van der Waals surface area contributed by atoms with Gasteiger partial charge < -0.3 is 4.74 Å². The van der Waals surface area contributed by atoms with Gasteiger partial charge in [0.15, 0.2) is 0 Å². The zero-order valence-corrected chi connectivity index (χ0v) is 17.2. The van der Waals surface area contributed by atoms with E-state index in [1.165, 1.54) is 94.9 Å². The van der Waals surface area contributed by atoms with Gasteiger partial charge in [0.2, 0.25) is 0 Å². The van der Waals surface area contributed by atoms with E-state index in [2.05, 4.69) is 42.2 Å². The van der Waals surface area contributed by atoms with E-state index in [0.29, 0.717) is 11.5 Å². The van der Waals surface area contributed by atoms with E-state index in [9.17, 15) is 0 Å². The van der Waals surface area contributed by atoms with Crippen molar-refractivity contribution in [2.45, 2.75) is 83.7 Å². The lowest BCUT2D eigenvalue weighted by atomic mass is 9.72. The molecule has 1 aromatic carbocycles. The number of benzene rings is 1. The number of ether oxygens (including phenoxy) is 1. The molecule has 0 atom stereocenters. The summed E-state index contributed by atoms with van der Waals surface area (Å²) in [7, 11) is 0. The van der Waals surface area contributed by atoms with Gasteiger partial charge in [0.05, 0.1) is 6.10 Å². The molecule has 0 aromatic heterocycles. The Bertz CT molecular complexity index is 616. The molecule has 0 N–H and O–H groups in total. The lowest BCUT2D eigenvalue weighted by Crippen LogP contribution is -2.30. The van der Waals surface area contributed by atoms with Crippen LogP contribution in [0.2, 0.25) is 0 Å². The molecule has 27 heavy (non-hydrogen) atoms. The first kappa shape index (κ1) is 19.1. The maximum absolute atomic E-state index is 6.33. The molecule has 2 heteroatoms. The number of hydrogen-bond donors (Lipinski definition) is 0. The highest BCUT2D eigenvalue weighted by molar-refractivity contribution is 5.67. The lowest BCUT2D eigenvalue weighted by molar-refractivity contribution is 0.0824. The Labute approximate surface area is 166 Å². The van der Waals surface area contributed by atoms with E-state index in [0.717, 1.165) is 12.3 Å². The van der Waals surface area contributed by atoms with Crippen LogP contribution in [-0.2, 0) is 0 Å². The minimum absolute atomic E-state index is 0.433. The van der Waals surface area contributed by atoms with Crippen molar-refractivity contribution < 1.29 is 4.74 Å². The highest BCUT2D eigenvalue weighted by Gasteiger charge is 2.38. The summed E-state index contributed by atoms with van der Waals surface area (Å²) in [6, 6.07) is 8.92. The van der Waals surface area contributed by atoms with Crippen LogP contribution in [0.15, 0.2) is 30.3 Å². The second kappa shape index (κ2) is 8.82. The van der Waals surface area contributed by atoms with Crippen LogP contribution in [0.3, 0.4) is 0 Å². The summed E-state index contributed by atoms with van der Waals surface area (Å²) in [6.45, 7) is 5.83. The maximum Gasteiger partial charge on any atom is 0.119 e. The average molecular weight is 368 g/mol. The largest absolute Gasteiger partial charge is 0.490 e. The second-order valence-corrected chi connectivity index (χ2v) is 9.18. The van der Waals surface area contributed by atoms with Crippen LogP contribution in [0.1, 0.15) is 83.1 Å². The van der Waals surface area contributed by atoms with Gasteiger partial charge in [0.1, 0.15) is 5.75 Å². The van der Waals surface area contributed by atoms with Crippen LogP contribution in [0.25, 0.3) is 5.57 Å². The fourth-order valence-electron chi connectivity index (χ4n) is 5.44. The lowest BCUT2D eigenvalue weighted by Gasteiger charge is -2.37. The van der Waals surface area contributed by atoms with Crippen LogP contribution < -0.4 is 4.74 Å². The van der Waals surface area contributed by atoms with Gasteiger partial charge in [-0.1, -0.05) is 44.4 Å². The van der Waals surface area contributed by atoms with Crippen molar-refractivity contribution in [2.75, 3.05) is 19.6 Å². The summed E-state index contributed by atoms with van der Waals surface area (Å²) in [5.41, 5.74) is 3.59. The van der Waals surface area contributed by atoms with Crippen LogP contribution in [0.5, 0.6) is 5.75 Å². The van der Waals surface area contributed by atoms with Gasteiger partial charge in [-0.05, 0) is 86.6 Å². The zero-order valence-electron chi connectivity index (χ0n) is 17.2. The fraction of sp³-hybridized carbons (Fsp3) is 0.680. The SMILES string of the molecule is CCCCN1CC=C(c2ccc(OC3CCC4(CCCC4)CC3)cc2)CC1. The van der Waals surface area contributed by atoms with E-state index in [-0.39, 0.29) is 0 Å². The van der Waals surface area contributed by atoms with Crippen molar-refractivity contribution in [2.24, 2.45) is 5.41 Å². The Morgan fingerprint density at radius 3 is 2.41 bits per heavy atom. The number of rotatable bonds is 6. The van der Waals surface area contributed by atoms with Crippen molar-refractivity contribution in [1.29, 1.82) is 0 Å². The topological polar surface area (TPSA) is 12.5 Å². The van der Waals surface area contributed by atoms with Crippen LogP contribution in [0.4, 0.5) is 0 Å². The summed E-state index contributed by atoms with van der Waals surface area (Å²) in [5, 5.41) is 0. The Morgan fingerprint density at radius 1 is 1.04 bits per heavy atom. The predicted molar refractivity (Wildman–Crippen MR) is 114 cm³/mol. The second-order valence-electron chi connectivity index (χ2n) is 9.18. The molecule has 2 nitrogen and oxygen atoms in total. The van der Waals surface area contributed by atoms with E-state index < -0.39 is 0 Å². The minimum atomic E-state index is 0.433. The molecule has 1 aromatic rings. The van der Waals surface area contributed by atoms with Gasteiger partial charge in [-0.25, -0.2) is 0 Å². The highest BCUT2D eigenvalue weighted by atomic mass is 16.5. The Morgan fingerprint density at radius 2 is 1.78 bits per heavy atom. The summed E-state index contributed by atoms with van der Waals surface area (Å²) < 4.78 is 6.33. The van der Waals surface area contributed by atoms with Gasteiger partial charge in [-0.15, -0.1) is 0 Å². The summed E-state index contributed by atoms with van der Waals surface area (Å²) in [4.78, 5) is 2.57. The minimum Gasteiger partial charge on any atom is -0.490 e. The maximum atomic E-state index is 6.33. The Balaban J connectivity index is 1.27. The molecule has 148 valence electrons. The third-order valence-electron chi connectivity index (χ3n) is 7.31. The number of nitrogens with zero attached hydrogens (tertiary/aromatic N) is 1.